The molecule has 5 heteroatoms. The highest BCUT2D eigenvalue weighted by Gasteiger charge is 2.40. The fraction of sp³-hybridized carbons (Fsp3) is 0.429. The first-order valence-corrected chi connectivity index (χ1v) is 9.32. The summed E-state index contributed by atoms with van der Waals surface area (Å²) in [7, 11) is 0. The second-order valence-corrected chi connectivity index (χ2v) is 7.48. The molecular formula is C21H25N3O2. The topological polar surface area (TPSA) is 54.5 Å². The average molecular weight is 351 g/mol. The van der Waals surface area contributed by atoms with E-state index < -0.39 is 0 Å². The van der Waals surface area contributed by atoms with Crippen LogP contribution < -0.4 is 10.1 Å². The molecule has 0 unspecified atom stereocenters. The predicted molar refractivity (Wildman–Crippen MR) is 99.6 cm³/mol. The molecule has 2 saturated heterocycles. The number of aromatic nitrogens is 1. The number of piperidine rings is 1. The molecule has 26 heavy (non-hydrogen) atoms. The lowest BCUT2D eigenvalue weighted by molar-refractivity contribution is -0.119. The number of nitrogens with one attached hydrogen (secondary N) is 1. The number of carbonyl (C=O) groups excluding carboxylic acids is 1. The van der Waals surface area contributed by atoms with Crippen molar-refractivity contribution in [2.45, 2.75) is 32.4 Å². The summed E-state index contributed by atoms with van der Waals surface area (Å²) in [5.74, 6) is 1.09. The SMILES string of the molecule is O=C1CC2(CCN(Cc3ccc(OCc4ccccn4)cc3)CC2)CN1. The van der Waals surface area contributed by atoms with E-state index in [1.165, 1.54) is 5.56 Å². The molecule has 3 heterocycles. The maximum absolute atomic E-state index is 11.5. The number of likely N-dealkylation sites (tertiary alicyclic amines) is 1. The molecule has 2 aromatic rings. The van der Waals surface area contributed by atoms with Gasteiger partial charge in [-0.15, -0.1) is 0 Å². The standard InChI is InChI=1S/C21H25N3O2/c25-20-13-21(16-23-20)8-11-24(12-9-21)14-17-4-6-19(7-5-17)26-15-18-3-1-2-10-22-18/h1-7,10H,8-9,11-16H2,(H,23,25). The van der Waals surface area contributed by atoms with Gasteiger partial charge in [-0.3, -0.25) is 14.7 Å². The van der Waals surface area contributed by atoms with Crippen LogP contribution in [0.1, 0.15) is 30.5 Å². The van der Waals surface area contributed by atoms with E-state index >= 15 is 0 Å². The van der Waals surface area contributed by atoms with Crippen LogP contribution in [0.5, 0.6) is 5.75 Å². The van der Waals surface area contributed by atoms with E-state index in [1.54, 1.807) is 6.20 Å². The zero-order chi connectivity index (χ0) is 17.8. The number of rotatable bonds is 5. The van der Waals surface area contributed by atoms with Crippen LogP contribution in [0.2, 0.25) is 0 Å². The largest absolute Gasteiger partial charge is 0.487 e. The van der Waals surface area contributed by atoms with Crippen LogP contribution in [0.4, 0.5) is 0 Å². The van der Waals surface area contributed by atoms with Gasteiger partial charge in [0.1, 0.15) is 12.4 Å². The normalized spacial score (nSPS) is 19.5. The number of hydrogen-bond donors (Lipinski definition) is 1. The molecule has 1 N–H and O–H groups in total. The van der Waals surface area contributed by atoms with Gasteiger partial charge in [0.25, 0.3) is 0 Å². The van der Waals surface area contributed by atoms with Gasteiger partial charge in [0.15, 0.2) is 0 Å². The second-order valence-electron chi connectivity index (χ2n) is 7.48. The highest BCUT2D eigenvalue weighted by Crippen LogP contribution is 2.37. The summed E-state index contributed by atoms with van der Waals surface area (Å²) in [6, 6.07) is 14.2. The van der Waals surface area contributed by atoms with Crippen molar-refractivity contribution in [3.05, 3.63) is 59.9 Å². The molecule has 0 atom stereocenters. The van der Waals surface area contributed by atoms with E-state index in [9.17, 15) is 4.79 Å². The van der Waals surface area contributed by atoms with E-state index in [4.69, 9.17) is 4.74 Å². The number of amides is 1. The van der Waals surface area contributed by atoms with Crippen molar-refractivity contribution in [1.82, 2.24) is 15.2 Å². The predicted octanol–water partition coefficient (Wildman–Crippen LogP) is 2.76. The fourth-order valence-corrected chi connectivity index (χ4v) is 3.88. The van der Waals surface area contributed by atoms with Crippen LogP contribution in [0.25, 0.3) is 0 Å². The number of ether oxygens (including phenoxy) is 1. The molecule has 4 rings (SSSR count). The first-order chi connectivity index (χ1) is 12.7. The van der Waals surface area contributed by atoms with E-state index in [2.05, 4.69) is 27.3 Å². The minimum absolute atomic E-state index is 0.219. The molecule has 0 bridgehead atoms. The molecule has 2 fully saturated rings. The van der Waals surface area contributed by atoms with Crippen molar-refractivity contribution in [3.63, 3.8) is 0 Å². The van der Waals surface area contributed by atoms with E-state index in [-0.39, 0.29) is 11.3 Å². The molecule has 2 aliphatic rings. The quantitative estimate of drug-likeness (QED) is 0.900. The van der Waals surface area contributed by atoms with Crippen molar-refractivity contribution in [1.29, 1.82) is 0 Å². The van der Waals surface area contributed by atoms with Crippen molar-refractivity contribution < 1.29 is 9.53 Å². The molecule has 1 amide bonds. The zero-order valence-electron chi connectivity index (χ0n) is 15.0. The first kappa shape index (κ1) is 17.0. The van der Waals surface area contributed by atoms with Gasteiger partial charge in [0.05, 0.1) is 5.69 Å². The lowest BCUT2D eigenvalue weighted by Crippen LogP contribution is -2.40. The van der Waals surface area contributed by atoms with Crippen LogP contribution in [-0.4, -0.2) is 35.4 Å². The third kappa shape index (κ3) is 4.05. The number of benzene rings is 1. The Labute approximate surface area is 154 Å². The third-order valence-corrected chi connectivity index (χ3v) is 5.56. The maximum atomic E-state index is 11.5. The van der Waals surface area contributed by atoms with Gasteiger partial charge in [-0.25, -0.2) is 0 Å². The van der Waals surface area contributed by atoms with Crippen molar-refractivity contribution >= 4 is 5.91 Å². The summed E-state index contributed by atoms with van der Waals surface area (Å²) < 4.78 is 5.80. The van der Waals surface area contributed by atoms with E-state index in [0.717, 1.165) is 50.5 Å². The molecule has 0 radical (unpaired) electrons. The van der Waals surface area contributed by atoms with Crippen molar-refractivity contribution in [2.24, 2.45) is 5.41 Å². The lowest BCUT2D eigenvalue weighted by atomic mass is 9.77. The Morgan fingerprint density at radius 2 is 1.92 bits per heavy atom. The van der Waals surface area contributed by atoms with Gasteiger partial charge in [0, 0.05) is 25.7 Å². The first-order valence-electron chi connectivity index (χ1n) is 9.32. The lowest BCUT2D eigenvalue weighted by Gasteiger charge is -2.38. The smallest absolute Gasteiger partial charge is 0.220 e. The zero-order valence-corrected chi connectivity index (χ0v) is 15.0. The van der Waals surface area contributed by atoms with Crippen LogP contribution in [0.15, 0.2) is 48.7 Å². The fourth-order valence-electron chi connectivity index (χ4n) is 3.88. The van der Waals surface area contributed by atoms with Gasteiger partial charge in [0.2, 0.25) is 5.91 Å². The third-order valence-electron chi connectivity index (χ3n) is 5.56. The van der Waals surface area contributed by atoms with Crippen LogP contribution in [0, 0.1) is 5.41 Å². The van der Waals surface area contributed by atoms with Gasteiger partial charge in [-0.05, 0) is 61.2 Å². The summed E-state index contributed by atoms with van der Waals surface area (Å²) >= 11 is 0. The molecule has 5 nitrogen and oxygen atoms in total. The molecule has 2 aliphatic heterocycles. The highest BCUT2D eigenvalue weighted by atomic mass is 16.5. The summed E-state index contributed by atoms with van der Waals surface area (Å²) in [6.45, 7) is 4.43. The van der Waals surface area contributed by atoms with Crippen LogP contribution in [0.3, 0.4) is 0 Å². The summed E-state index contributed by atoms with van der Waals surface area (Å²) in [4.78, 5) is 18.3. The summed E-state index contributed by atoms with van der Waals surface area (Å²) in [6.07, 6.45) is 4.71. The monoisotopic (exact) mass is 351 g/mol. The highest BCUT2D eigenvalue weighted by molar-refractivity contribution is 5.79. The molecule has 1 aromatic carbocycles. The van der Waals surface area contributed by atoms with Gasteiger partial charge < -0.3 is 10.1 Å². The number of nitrogens with zero attached hydrogens (tertiary/aromatic N) is 2. The minimum atomic E-state index is 0.219. The van der Waals surface area contributed by atoms with E-state index in [0.29, 0.717) is 13.0 Å². The maximum Gasteiger partial charge on any atom is 0.220 e. The molecule has 0 saturated carbocycles. The average Bonchev–Trinajstić information content (AvgIpc) is 3.04. The van der Waals surface area contributed by atoms with Crippen LogP contribution in [-0.2, 0) is 17.9 Å². The summed E-state index contributed by atoms with van der Waals surface area (Å²) in [5.41, 5.74) is 2.45. The van der Waals surface area contributed by atoms with Gasteiger partial charge in [-0.1, -0.05) is 18.2 Å². The second kappa shape index (κ2) is 7.46. The Morgan fingerprint density at radius 3 is 2.58 bits per heavy atom. The molecule has 136 valence electrons. The minimum Gasteiger partial charge on any atom is -0.487 e. The summed E-state index contributed by atoms with van der Waals surface area (Å²) in [5, 5.41) is 3.00. The van der Waals surface area contributed by atoms with Gasteiger partial charge >= 0.3 is 0 Å². The number of hydrogen-bond acceptors (Lipinski definition) is 4. The molecule has 1 spiro atoms. The van der Waals surface area contributed by atoms with E-state index in [1.807, 2.05) is 30.3 Å². The van der Waals surface area contributed by atoms with Crippen LogP contribution >= 0.6 is 0 Å². The van der Waals surface area contributed by atoms with Crippen molar-refractivity contribution in [2.75, 3.05) is 19.6 Å². The number of pyridine rings is 1. The van der Waals surface area contributed by atoms with Gasteiger partial charge in [-0.2, -0.15) is 0 Å². The molecule has 1 aromatic heterocycles. The Bertz CT molecular complexity index is 738. The Balaban J connectivity index is 1.26. The molecular weight excluding hydrogens is 326 g/mol. The number of carbonyl (C=O) groups is 1. The Hall–Kier alpha value is -2.40. The Morgan fingerprint density at radius 1 is 1.12 bits per heavy atom. The Kier molecular flexibility index (Phi) is 4.89. The molecule has 0 aliphatic carbocycles. The van der Waals surface area contributed by atoms with Crippen molar-refractivity contribution in [3.8, 4) is 5.75 Å².